The van der Waals surface area contributed by atoms with Crippen molar-refractivity contribution in [3.05, 3.63) is 0 Å². The van der Waals surface area contributed by atoms with Gasteiger partial charge in [0, 0.05) is 0 Å². The Morgan fingerprint density at radius 2 is 2.29 bits per heavy atom. The van der Waals surface area contributed by atoms with Crippen molar-refractivity contribution >= 4 is 0 Å². The summed E-state index contributed by atoms with van der Waals surface area (Å²) in [5.41, 5.74) is 0. The molecule has 5 heteroatoms. The molecule has 1 N–H and O–H groups in total. The first-order valence-electron chi connectivity index (χ1n) is 1.61. The van der Waals surface area contributed by atoms with E-state index in [1.54, 1.807) is 0 Å². The number of hydrogen-bond acceptors (Lipinski definition) is 3. The molecule has 4 nitrogen and oxygen atoms in total. The molecule has 0 aromatic heterocycles. The van der Waals surface area contributed by atoms with Crippen LogP contribution in [0.1, 0.15) is 0 Å². The molecule has 1 unspecified atom stereocenters. The molecule has 0 aliphatic rings. The zero-order valence-electron chi connectivity index (χ0n) is 4.13. The molecule has 0 aromatic rings. The third kappa shape index (κ3) is 2.84. The van der Waals surface area contributed by atoms with Crippen molar-refractivity contribution in [1.29, 1.82) is 0 Å². The fraction of sp³-hybridized carbons (Fsp3) is 1.00. The van der Waals surface area contributed by atoms with Crippen LogP contribution >= 0.6 is 0 Å². The van der Waals surface area contributed by atoms with E-state index in [0.717, 1.165) is 0 Å². The molecule has 0 rings (SSSR count). The number of hydrogen-bond donors (Lipinski definition) is 1. The van der Waals surface area contributed by atoms with Gasteiger partial charge in [0.2, 0.25) is 0 Å². The summed E-state index contributed by atoms with van der Waals surface area (Å²) >= 11 is 2.65. The van der Waals surface area contributed by atoms with E-state index in [4.69, 9.17) is 5.21 Å². The molecular weight excluding hydrogens is 139 g/mol. The Hall–Kier alpha value is 0.199. The van der Waals surface area contributed by atoms with Crippen LogP contribution in [0.3, 0.4) is 0 Å². The van der Waals surface area contributed by atoms with Crippen molar-refractivity contribution in [2.24, 2.45) is 4.07 Å². The molecule has 0 spiro atoms. The third-order valence-electron chi connectivity index (χ3n) is 0.486. The van der Waals surface area contributed by atoms with Crippen molar-refractivity contribution in [3.8, 4) is 0 Å². The molecule has 0 aliphatic heterocycles. The fourth-order valence-electron chi connectivity index (χ4n) is 0.0309. The first kappa shape index (κ1) is 7.20. The average Bonchev–Trinajstić information content (AvgIpc) is 1.68. The Labute approximate surface area is 49.8 Å². The van der Waals surface area contributed by atoms with Crippen LogP contribution in [-0.4, -0.2) is 24.3 Å². The predicted molar refractivity (Wildman–Crippen MR) is 17.4 cm³/mol. The minimum atomic E-state index is -0.819. The van der Waals surface area contributed by atoms with Crippen LogP contribution in [-0.2, 0) is 20.7 Å². The Morgan fingerprint density at radius 3 is 2.29 bits per heavy atom. The second-order valence-electron chi connectivity index (χ2n) is 1.09. The van der Waals surface area contributed by atoms with Crippen LogP contribution in [0.4, 0.5) is 0 Å². The van der Waals surface area contributed by atoms with E-state index < -0.39 is 4.92 Å². The maximum absolute atomic E-state index is 8.63. The molecule has 7 heavy (non-hydrogen) atoms. The van der Waals surface area contributed by atoms with E-state index in [1.807, 2.05) is 0 Å². The first-order valence-corrected chi connectivity index (χ1v) is 2.13. The Balaban J connectivity index is 3.58. The van der Waals surface area contributed by atoms with E-state index in [2.05, 4.69) is 24.7 Å². The SMILES string of the molecule is CO[N+](C)(O)[N]=[Mn]. The first-order chi connectivity index (χ1) is 3.12. The van der Waals surface area contributed by atoms with Crippen LogP contribution in [0.15, 0.2) is 4.07 Å². The molecule has 0 saturated carbocycles. The van der Waals surface area contributed by atoms with Gasteiger partial charge in [-0.3, -0.25) is 0 Å². The van der Waals surface area contributed by atoms with Crippen LogP contribution in [0.25, 0.3) is 0 Å². The number of rotatable bonds is 2. The zero-order valence-corrected chi connectivity index (χ0v) is 5.31. The molecular formula is C2H7MnN2O2+. The Morgan fingerprint density at radius 1 is 1.86 bits per heavy atom. The summed E-state index contributed by atoms with van der Waals surface area (Å²) in [7, 11) is 2.69. The van der Waals surface area contributed by atoms with Gasteiger partial charge in [0.25, 0.3) is 0 Å². The van der Waals surface area contributed by atoms with Gasteiger partial charge < -0.3 is 0 Å². The van der Waals surface area contributed by atoms with Crippen LogP contribution < -0.4 is 0 Å². The topological polar surface area (TPSA) is 41.8 Å². The summed E-state index contributed by atoms with van der Waals surface area (Å²) in [6.07, 6.45) is 0. The summed E-state index contributed by atoms with van der Waals surface area (Å²) in [5.74, 6) is 0. The van der Waals surface area contributed by atoms with Crippen LogP contribution in [0.5, 0.6) is 0 Å². The monoisotopic (exact) mass is 146 g/mol. The summed E-state index contributed by atoms with van der Waals surface area (Å²) in [6, 6.07) is 0. The number of hydroxylamine groups is 2. The van der Waals surface area contributed by atoms with E-state index in [1.165, 1.54) is 14.2 Å². The molecule has 0 aromatic carbocycles. The van der Waals surface area contributed by atoms with E-state index in [-0.39, 0.29) is 0 Å². The van der Waals surface area contributed by atoms with Gasteiger partial charge in [-0.2, -0.15) is 0 Å². The van der Waals surface area contributed by atoms with Gasteiger partial charge in [0.05, 0.1) is 0 Å². The molecule has 0 bridgehead atoms. The molecule has 0 radical (unpaired) electrons. The number of nitrogens with zero attached hydrogens (tertiary/aromatic N) is 2. The quantitative estimate of drug-likeness (QED) is 0.339. The standard InChI is InChI=1S/C2H7N2O2.Mn/c1-4(3,5)6-2;/h5H,1-2H3;/q+1;. The third-order valence-corrected chi connectivity index (χ3v) is 0.924. The molecule has 0 heterocycles. The van der Waals surface area contributed by atoms with Gasteiger partial charge in [0.15, 0.2) is 0 Å². The average molecular weight is 146 g/mol. The maximum atomic E-state index is 8.63. The molecule has 1 atom stereocenters. The summed E-state index contributed by atoms with van der Waals surface area (Å²) in [4.78, 5) is 3.55. The Kier molecular flexibility index (Phi) is 2.56. The van der Waals surface area contributed by atoms with Crippen molar-refractivity contribution in [1.82, 2.24) is 0 Å². The minimum absolute atomic E-state index is 0.819. The normalized spacial score (nSPS) is 18.1. The molecule has 0 fully saturated rings. The van der Waals surface area contributed by atoms with Crippen LogP contribution in [0, 0.1) is 0 Å². The van der Waals surface area contributed by atoms with Crippen molar-refractivity contribution in [2.45, 2.75) is 0 Å². The van der Waals surface area contributed by atoms with Crippen LogP contribution in [0.2, 0.25) is 0 Å². The van der Waals surface area contributed by atoms with Gasteiger partial charge in [-0.15, -0.1) is 0 Å². The predicted octanol–water partition coefficient (Wildman–Crippen LogP) is 0.0290. The van der Waals surface area contributed by atoms with Gasteiger partial charge in [-0.1, -0.05) is 0 Å². The van der Waals surface area contributed by atoms with Crippen molar-refractivity contribution in [3.63, 3.8) is 0 Å². The van der Waals surface area contributed by atoms with Gasteiger partial charge >= 0.3 is 49.0 Å². The zero-order chi connectivity index (χ0) is 5.91. The molecule has 0 saturated heterocycles. The van der Waals surface area contributed by atoms with Crippen molar-refractivity contribution < 1.29 is 30.8 Å². The number of quaternary nitrogens is 1. The summed E-state index contributed by atoms with van der Waals surface area (Å²) in [6.45, 7) is 0. The van der Waals surface area contributed by atoms with Gasteiger partial charge in [-0.05, 0) is 0 Å². The molecule has 0 amide bonds. The summed E-state index contributed by atoms with van der Waals surface area (Å²) in [5, 5.41) is 8.63. The Bertz CT molecular complexity index is 74.1. The summed E-state index contributed by atoms with van der Waals surface area (Å²) < 4.78 is 3.22. The van der Waals surface area contributed by atoms with Gasteiger partial charge in [-0.25, -0.2) is 0 Å². The molecule has 0 aliphatic carbocycles. The van der Waals surface area contributed by atoms with E-state index in [9.17, 15) is 0 Å². The fourth-order valence-corrected chi connectivity index (χ4v) is 0.127. The van der Waals surface area contributed by atoms with Crippen molar-refractivity contribution in [2.75, 3.05) is 14.2 Å². The van der Waals surface area contributed by atoms with E-state index in [0.29, 0.717) is 0 Å². The van der Waals surface area contributed by atoms with E-state index >= 15 is 0 Å². The second kappa shape index (κ2) is 2.49. The molecule has 43 valence electrons. The van der Waals surface area contributed by atoms with Gasteiger partial charge in [0.1, 0.15) is 0 Å². The second-order valence-corrected chi connectivity index (χ2v) is 1.33.